The summed E-state index contributed by atoms with van der Waals surface area (Å²) in [6.45, 7) is 7.61. The summed E-state index contributed by atoms with van der Waals surface area (Å²) in [7, 11) is 0. The molecule has 0 N–H and O–H groups in total. The predicted molar refractivity (Wildman–Crippen MR) is 82.3 cm³/mol. The van der Waals surface area contributed by atoms with Crippen molar-refractivity contribution in [3.8, 4) is 0 Å². The maximum Gasteiger partial charge on any atom is 0.410 e. The molecule has 0 aromatic carbocycles. The number of carbonyl (C=O) groups excluding carboxylic acids is 2. The average molecular weight is 305 g/mol. The van der Waals surface area contributed by atoms with Gasteiger partial charge in [0.05, 0.1) is 6.42 Å². The van der Waals surface area contributed by atoms with E-state index in [1.807, 2.05) is 39.0 Å². The van der Waals surface area contributed by atoms with Gasteiger partial charge in [-0.1, -0.05) is 6.07 Å². The van der Waals surface area contributed by atoms with E-state index in [-0.39, 0.29) is 12.0 Å². The van der Waals surface area contributed by atoms with Crippen LogP contribution in [-0.4, -0.2) is 58.6 Å². The summed E-state index contributed by atoms with van der Waals surface area (Å²) >= 11 is 0. The molecule has 2 heterocycles. The van der Waals surface area contributed by atoms with Crippen LogP contribution in [0.2, 0.25) is 0 Å². The third-order valence-corrected chi connectivity index (χ3v) is 3.34. The van der Waals surface area contributed by atoms with Crippen LogP contribution in [0.1, 0.15) is 26.5 Å². The number of nitrogens with zero attached hydrogens (tertiary/aromatic N) is 3. The first-order valence-electron chi connectivity index (χ1n) is 7.51. The van der Waals surface area contributed by atoms with Crippen molar-refractivity contribution in [1.82, 2.24) is 14.8 Å². The molecule has 6 nitrogen and oxygen atoms in total. The topological polar surface area (TPSA) is 62.7 Å². The molecule has 120 valence electrons. The minimum atomic E-state index is -0.497. The van der Waals surface area contributed by atoms with Gasteiger partial charge in [-0.2, -0.15) is 0 Å². The zero-order valence-corrected chi connectivity index (χ0v) is 13.4. The van der Waals surface area contributed by atoms with Gasteiger partial charge in [0.1, 0.15) is 5.60 Å². The van der Waals surface area contributed by atoms with Gasteiger partial charge in [0.25, 0.3) is 0 Å². The predicted octanol–water partition coefficient (Wildman–Crippen LogP) is 1.70. The number of aromatic nitrogens is 1. The molecule has 0 atom stereocenters. The second-order valence-corrected chi connectivity index (χ2v) is 6.35. The Morgan fingerprint density at radius 1 is 1.14 bits per heavy atom. The zero-order valence-electron chi connectivity index (χ0n) is 13.4. The van der Waals surface area contributed by atoms with Gasteiger partial charge in [-0.25, -0.2) is 4.79 Å². The molecule has 22 heavy (non-hydrogen) atoms. The van der Waals surface area contributed by atoms with Crippen molar-refractivity contribution in [3.05, 3.63) is 30.1 Å². The highest BCUT2D eigenvalue weighted by atomic mass is 16.6. The molecule has 0 bridgehead atoms. The van der Waals surface area contributed by atoms with Gasteiger partial charge < -0.3 is 14.5 Å². The third kappa shape index (κ3) is 4.72. The third-order valence-electron chi connectivity index (χ3n) is 3.34. The molecule has 1 saturated heterocycles. The van der Waals surface area contributed by atoms with Gasteiger partial charge in [0.15, 0.2) is 0 Å². The lowest BCUT2D eigenvalue weighted by Crippen LogP contribution is -2.52. The molecule has 1 aliphatic rings. The standard InChI is InChI=1S/C16H23N3O3/c1-16(2,3)22-15(21)19-10-8-18(9-11-19)14(20)12-13-6-4-5-7-17-13/h4-7H,8-12H2,1-3H3. The lowest BCUT2D eigenvalue weighted by Gasteiger charge is -2.35. The summed E-state index contributed by atoms with van der Waals surface area (Å²) in [4.78, 5) is 31.8. The Bertz CT molecular complexity index is 517. The molecule has 1 aromatic rings. The molecule has 0 unspecified atom stereocenters. The van der Waals surface area contributed by atoms with E-state index in [0.29, 0.717) is 32.6 Å². The van der Waals surface area contributed by atoms with Crippen molar-refractivity contribution >= 4 is 12.0 Å². The molecule has 2 amide bonds. The maximum absolute atomic E-state index is 12.2. The minimum absolute atomic E-state index is 0.0440. The molecule has 6 heteroatoms. The van der Waals surface area contributed by atoms with Crippen molar-refractivity contribution in [1.29, 1.82) is 0 Å². The van der Waals surface area contributed by atoms with Crippen LogP contribution >= 0.6 is 0 Å². The molecule has 0 radical (unpaired) electrons. The minimum Gasteiger partial charge on any atom is -0.444 e. The normalized spacial score (nSPS) is 15.6. The summed E-state index contributed by atoms with van der Waals surface area (Å²) in [6.07, 6.45) is 1.67. The quantitative estimate of drug-likeness (QED) is 0.834. The number of hydrogen-bond acceptors (Lipinski definition) is 4. The second kappa shape index (κ2) is 6.77. The van der Waals surface area contributed by atoms with E-state index in [4.69, 9.17) is 4.74 Å². The number of piperazine rings is 1. The first-order chi connectivity index (χ1) is 10.3. The Labute approximate surface area is 131 Å². The zero-order chi connectivity index (χ0) is 16.2. The molecular weight excluding hydrogens is 282 g/mol. The van der Waals surface area contributed by atoms with Crippen molar-refractivity contribution in [2.24, 2.45) is 0 Å². The van der Waals surface area contributed by atoms with E-state index in [0.717, 1.165) is 5.69 Å². The van der Waals surface area contributed by atoms with E-state index in [2.05, 4.69) is 4.98 Å². The Kier molecular flexibility index (Phi) is 5.00. The van der Waals surface area contributed by atoms with Crippen LogP contribution in [0.4, 0.5) is 4.79 Å². The SMILES string of the molecule is CC(C)(C)OC(=O)N1CCN(C(=O)Cc2ccccn2)CC1. The Morgan fingerprint density at radius 3 is 2.32 bits per heavy atom. The molecule has 2 rings (SSSR count). The molecular formula is C16H23N3O3. The summed E-state index contributed by atoms with van der Waals surface area (Å²) in [5.74, 6) is 0.0440. The van der Waals surface area contributed by atoms with Gasteiger partial charge in [0.2, 0.25) is 5.91 Å². The largest absolute Gasteiger partial charge is 0.444 e. The van der Waals surface area contributed by atoms with Gasteiger partial charge >= 0.3 is 6.09 Å². The van der Waals surface area contributed by atoms with Crippen LogP contribution in [0, 0.1) is 0 Å². The number of carbonyl (C=O) groups is 2. The number of rotatable bonds is 2. The fourth-order valence-corrected chi connectivity index (χ4v) is 2.23. The van der Waals surface area contributed by atoms with E-state index in [9.17, 15) is 9.59 Å². The van der Waals surface area contributed by atoms with Crippen molar-refractivity contribution in [2.45, 2.75) is 32.8 Å². The first kappa shape index (κ1) is 16.3. The monoisotopic (exact) mass is 305 g/mol. The lowest BCUT2D eigenvalue weighted by molar-refractivity contribution is -0.132. The number of pyridine rings is 1. The molecule has 1 fully saturated rings. The van der Waals surface area contributed by atoms with Crippen molar-refractivity contribution < 1.29 is 14.3 Å². The van der Waals surface area contributed by atoms with E-state index in [1.54, 1.807) is 16.0 Å². The number of ether oxygens (including phenoxy) is 1. The van der Waals surface area contributed by atoms with Crippen LogP contribution in [0.15, 0.2) is 24.4 Å². The van der Waals surface area contributed by atoms with E-state index < -0.39 is 5.60 Å². The fraction of sp³-hybridized carbons (Fsp3) is 0.562. The van der Waals surface area contributed by atoms with Gasteiger partial charge in [-0.05, 0) is 32.9 Å². The Morgan fingerprint density at radius 2 is 1.77 bits per heavy atom. The second-order valence-electron chi connectivity index (χ2n) is 6.35. The summed E-state index contributed by atoms with van der Waals surface area (Å²) in [5, 5.41) is 0. The highest BCUT2D eigenvalue weighted by Crippen LogP contribution is 2.12. The van der Waals surface area contributed by atoms with Gasteiger partial charge in [-0.3, -0.25) is 9.78 Å². The number of hydrogen-bond donors (Lipinski definition) is 0. The Hall–Kier alpha value is -2.11. The van der Waals surface area contributed by atoms with E-state index in [1.165, 1.54) is 0 Å². The highest BCUT2D eigenvalue weighted by molar-refractivity contribution is 5.78. The maximum atomic E-state index is 12.2. The van der Waals surface area contributed by atoms with Crippen LogP contribution in [0.3, 0.4) is 0 Å². The van der Waals surface area contributed by atoms with E-state index >= 15 is 0 Å². The molecule has 0 saturated carbocycles. The van der Waals surface area contributed by atoms with Crippen LogP contribution < -0.4 is 0 Å². The van der Waals surface area contributed by atoms with Gasteiger partial charge in [0, 0.05) is 38.1 Å². The van der Waals surface area contributed by atoms with Gasteiger partial charge in [-0.15, -0.1) is 0 Å². The molecule has 0 aliphatic carbocycles. The first-order valence-corrected chi connectivity index (χ1v) is 7.51. The Balaban J connectivity index is 1.82. The summed E-state index contributed by atoms with van der Waals surface area (Å²) in [5.41, 5.74) is 0.269. The molecule has 1 aromatic heterocycles. The fourth-order valence-electron chi connectivity index (χ4n) is 2.23. The number of amides is 2. The summed E-state index contributed by atoms with van der Waals surface area (Å²) in [6, 6.07) is 5.54. The smallest absolute Gasteiger partial charge is 0.410 e. The summed E-state index contributed by atoms with van der Waals surface area (Å²) < 4.78 is 5.34. The highest BCUT2D eigenvalue weighted by Gasteiger charge is 2.27. The molecule has 0 spiro atoms. The van der Waals surface area contributed by atoms with Crippen molar-refractivity contribution in [2.75, 3.05) is 26.2 Å². The average Bonchev–Trinajstić information content (AvgIpc) is 2.46. The van der Waals surface area contributed by atoms with Crippen LogP contribution in [0.25, 0.3) is 0 Å². The molecule has 1 aliphatic heterocycles. The van der Waals surface area contributed by atoms with Crippen LogP contribution in [0.5, 0.6) is 0 Å². The van der Waals surface area contributed by atoms with Crippen LogP contribution in [-0.2, 0) is 16.0 Å². The lowest BCUT2D eigenvalue weighted by atomic mass is 10.2. The van der Waals surface area contributed by atoms with Crippen molar-refractivity contribution in [3.63, 3.8) is 0 Å².